The molecule has 0 unspecified atom stereocenters. The molecule has 2 heteroatoms. The van der Waals surface area contributed by atoms with Crippen LogP contribution in [0.15, 0.2) is 24.3 Å². The summed E-state index contributed by atoms with van der Waals surface area (Å²) >= 11 is 0. The first-order valence-electron chi connectivity index (χ1n) is 4.63. The van der Waals surface area contributed by atoms with Crippen LogP contribution >= 0.6 is 0 Å². The summed E-state index contributed by atoms with van der Waals surface area (Å²) in [6.07, 6.45) is 1.72. The van der Waals surface area contributed by atoms with E-state index in [4.69, 9.17) is 9.84 Å². The number of hydrogen-bond acceptors (Lipinski definition) is 2. The van der Waals surface area contributed by atoms with Crippen molar-refractivity contribution in [1.29, 1.82) is 0 Å². The van der Waals surface area contributed by atoms with Crippen LogP contribution in [0.3, 0.4) is 0 Å². The highest BCUT2D eigenvalue weighted by Gasteiger charge is 1.92. The van der Waals surface area contributed by atoms with Crippen molar-refractivity contribution in [1.82, 2.24) is 0 Å². The van der Waals surface area contributed by atoms with Gasteiger partial charge in [0.15, 0.2) is 0 Å². The smallest absolute Gasteiger partial charge is 0.119 e. The molecule has 0 amide bonds. The van der Waals surface area contributed by atoms with E-state index in [1.165, 1.54) is 5.56 Å². The van der Waals surface area contributed by atoms with Gasteiger partial charge in [0.1, 0.15) is 5.75 Å². The van der Waals surface area contributed by atoms with E-state index in [1.807, 2.05) is 31.2 Å². The third-order valence-electron chi connectivity index (χ3n) is 1.81. The van der Waals surface area contributed by atoms with Crippen molar-refractivity contribution >= 4 is 0 Å². The van der Waals surface area contributed by atoms with Crippen molar-refractivity contribution in [3.05, 3.63) is 29.8 Å². The summed E-state index contributed by atoms with van der Waals surface area (Å²) < 4.78 is 5.48. The molecule has 0 radical (unpaired) electrons. The normalized spacial score (nSPS) is 10.0. The molecule has 2 nitrogen and oxygen atoms in total. The summed E-state index contributed by atoms with van der Waals surface area (Å²) in [5.74, 6) is 0.915. The van der Waals surface area contributed by atoms with Crippen molar-refractivity contribution in [3.63, 3.8) is 0 Å². The molecule has 0 spiro atoms. The van der Waals surface area contributed by atoms with Crippen LogP contribution in [0, 0.1) is 6.92 Å². The molecule has 0 heterocycles. The molecule has 1 aromatic carbocycles. The van der Waals surface area contributed by atoms with Gasteiger partial charge in [-0.15, -0.1) is 0 Å². The number of aryl methyl sites for hydroxylation is 1. The number of hydrogen-bond donors (Lipinski definition) is 1. The molecule has 0 aliphatic heterocycles. The third-order valence-corrected chi connectivity index (χ3v) is 1.81. The SMILES string of the molecule is Cc1cccc(OCCCCO)c1. The van der Waals surface area contributed by atoms with Crippen LogP contribution in [-0.2, 0) is 0 Å². The number of benzene rings is 1. The number of aliphatic hydroxyl groups is 1. The maximum atomic E-state index is 8.55. The molecule has 0 aromatic heterocycles. The first-order chi connectivity index (χ1) is 6.33. The number of aliphatic hydroxyl groups excluding tert-OH is 1. The van der Waals surface area contributed by atoms with Crippen LogP contribution in [0.5, 0.6) is 5.75 Å². The van der Waals surface area contributed by atoms with Gasteiger partial charge in [-0.25, -0.2) is 0 Å². The fourth-order valence-electron chi connectivity index (χ4n) is 1.11. The number of rotatable bonds is 5. The summed E-state index contributed by atoms with van der Waals surface area (Å²) in [4.78, 5) is 0. The predicted molar refractivity (Wildman–Crippen MR) is 53.0 cm³/mol. The highest BCUT2D eigenvalue weighted by Crippen LogP contribution is 2.12. The van der Waals surface area contributed by atoms with Gasteiger partial charge in [0.05, 0.1) is 6.61 Å². The number of ether oxygens (including phenoxy) is 1. The van der Waals surface area contributed by atoms with Crippen molar-refractivity contribution in [2.45, 2.75) is 19.8 Å². The minimum Gasteiger partial charge on any atom is -0.494 e. The maximum Gasteiger partial charge on any atom is 0.119 e. The summed E-state index contributed by atoms with van der Waals surface area (Å²) in [7, 11) is 0. The Labute approximate surface area is 79.2 Å². The molecule has 0 atom stereocenters. The zero-order valence-electron chi connectivity index (χ0n) is 7.99. The Morgan fingerprint density at radius 3 is 2.85 bits per heavy atom. The van der Waals surface area contributed by atoms with Crippen molar-refractivity contribution in [2.75, 3.05) is 13.2 Å². The Hall–Kier alpha value is -1.02. The monoisotopic (exact) mass is 180 g/mol. The summed E-state index contributed by atoms with van der Waals surface area (Å²) in [6, 6.07) is 7.99. The zero-order chi connectivity index (χ0) is 9.52. The van der Waals surface area contributed by atoms with Gasteiger partial charge in [0.2, 0.25) is 0 Å². The third kappa shape index (κ3) is 3.95. The highest BCUT2D eigenvalue weighted by atomic mass is 16.5. The van der Waals surface area contributed by atoms with Crippen molar-refractivity contribution in [3.8, 4) is 5.75 Å². The fourth-order valence-corrected chi connectivity index (χ4v) is 1.11. The van der Waals surface area contributed by atoms with E-state index < -0.39 is 0 Å². The first kappa shape index (κ1) is 10.1. The van der Waals surface area contributed by atoms with Crippen LogP contribution in [0.25, 0.3) is 0 Å². The van der Waals surface area contributed by atoms with E-state index >= 15 is 0 Å². The Kier molecular flexibility index (Phi) is 4.33. The fraction of sp³-hybridized carbons (Fsp3) is 0.455. The molecule has 1 aromatic rings. The zero-order valence-corrected chi connectivity index (χ0v) is 7.99. The van der Waals surface area contributed by atoms with E-state index in [2.05, 4.69) is 0 Å². The molecule has 0 aliphatic carbocycles. The molecule has 0 saturated carbocycles. The Morgan fingerprint density at radius 1 is 1.31 bits per heavy atom. The summed E-state index contributed by atoms with van der Waals surface area (Å²) in [5.41, 5.74) is 1.21. The van der Waals surface area contributed by atoms with Gasteiger partial charge in [0.25, 0.3) is 0 Å². The molecular formula is C11H16O2. The Morgan fingerprint density at radius 2 is 2.15 bits per heavy atom. The molecule has 13 heavy (non-hydrogen) atoms. The second-order valence-corrected chi connectivity index (χ2v) is 3.10. The summed E-state index contributed by atoms with van der Waals surface area (Å²) in [6.45, 7) is 2.97. The van der Waals surface area contributed by atoms with Gasteiger partial charge in [-0.2, -0.15) is 0 Å². The van der Waals surface area contributed by atoms with Crippen molar-refractivity contribution in [2.24, 2.45) is 0 Å². The van der Waals surface area contributed by atoms with Crippen LogP contribution in [0.2, 0.25) is 0 Å². The van der Waals surface area contributed by atoms with E-state index in [0.717, 1.165) is 18.6 Å². The van der Waals surface area contributed by atoms with Gasteiger partial charge in [-0.1, -0.05) is 12.1 Å². The van der Waals surface area contributed by atoms with Crippen LogP contribution < -0.4 is 4.74 Å². The van der Waals surface area contributed by atoms with Crippen LogP contribution in [0.1, 0.15) is 18.4 Å². The molecule has 1 rings (SSSR count). The first-order valence-corrected chi connectivity index (χ1v) is 4.63. The van der Waals surface area contributed by atoms with Gasteiger partial charge >= 0.3 is 0 Å². The van der Waals surface area contributed by atoms with E-state index in [1.54, 1.807) is 0 Å². The van der Waals surface area contributed by atoms with Gasteiger partial charge in [0, 0.05) is 6.61 Å². The molecule has 0 fully saturated rings. The minimum atomic E-state index is 0.247. The predicted octanol–water partition coefficient (Wildman–Crippen LogP) is 2.15. The second kappa shape index (κ2) is 5.60. The molecule has 0 bridgehead atoms. The average Bonchev–Trinajstić information content (AvgIpc) is 2.13. The molecule has 0 saturated heterocycles. The molecule has 72 valence electrons. The Bertz CT molecular complexity index is 246. The lowest BCUT2D eigenvalue weighted by Gasteiger charge is -2.05. The minimum absolute atomic E-state index is 0.247. The van der Waals surface area contributed by atoms with Crippen molar-refractivity contribution < 1.29 is 9.84 Å². The summed E-state index contributed by atoms with van der Waals surface area (Å²) in [5, 5.41) is 8.55. The highest BCUT2D eigenvalue weighted by molar-refractivity contribution is 5.27. The lowest BCUT2D eigenvalue weighted by atomic mass is 10.2. The van der Waals surface area contributed by atoms with E-state index in [0.29, 0.717) is 6.61 Å². The lowest BCUT2D eigenvalue weighted by molar-refractivity contribution is 0.253. The quantitative estimate of drug-likeness (QED) is 0.703. The molecule has 1 N–H and O–H groups in total. The Balaban J connectivity index is 2.28. The standard InChI is InChI=1S/C11H16O2/c1-10-5-4-6-11(9-10)13-8-3-2-7-12/h4-6,9,12H,2-3,7-8H2,1H3. The maximum absolute atomic E-state index is 8.55. The molecule has 0 aliphatic rings. The van der Waals surface area contributed by atoms with Gasteiger partial charge in [-0.05, 0) is 37.5 Å². The van der Waals surface area contributed by atoms with Crippen LogP contribution in [0.4, 0.5) is 0 Å². The van der Waals surface area contributed by atoms with Gasteiger partial charge < -0.3 is 9.84 Å². The second-order valence-electron chi connectivity index (χ2n) is 3.10. The number of unbranched alkanes of at least 4 members (excludes halogenated alkanes) is 1. The van der Waals surface area contributed by atoms with E-state index in [9.17, 15) is 0 Å². The van der Waals surface area contributed by atoms with Crippen LogP contribution in [-0.4, -0.2) is 18.3 Å². The largest absolute Gasteiger partial charge is 0.494 e. The topological polar surface area (TPSA) is 29.5 Å². The molecular weight excluding hydrogens is 164 g/mol. The van der Waals surface area contributed by atoms with E-state index in [-0.39, 0.29) is 6.61 Å². The average molecular weight is 180 g/mol. The lowest BCUT2D eigenvalue weighted by Crippen LogP contribution is -1.98. The van der Waals surface area contributed by atoms with Gasteiger partial charge in [-0.3, -0.25) is 0 Å².